The molecule has 0 spiro atoms. The maximum atomic E-state index is 9.16. The summed E-state index contributed by atoms with van der Waals surface area (Å²) in [5.74, 6) is 0.518. The Hall–Kier alpha value is -0.240. The molecule has 0 aromatic heterocycles. The lowest BCUT2D eigenvalue weighted by Gasteiger charge is -2.40. The largest absolute Gasteiger partial charge is 0.373 e. The van der Waals surface area contributed by atoms with Crippen molar-refractivity contribution in [3.8, 4) is 0 Å². The van der Waals surface area contributed by atoms with Gasteiger partial charge in [0.1, 0.15) is 0 Å². The predicted octanol–water partition coefficient (Wildman–Crippen LogP) is -0.884. The zero-order valence-corrected chi connectivity index (χ0v) is 10.4. The molecule has 0 amide bonds. The molecular formula is C12H22N2O4. The quantitative estimate of drug-likeness (QED) is 0.481. The van der Waals surface area contributed by atoms with Gasteiger partial charge in [0.2, 0.25) is 0 Å². The summed E-state index contributed by atoms with van der Waals surface area (Å²) in [5.41, 5.74) is 6.14. The fraction of sp³-hybridized carbons (Fsp3) is 1.00. The van der Waals surface area contributed by atoms with Crippen molar-refractivity contribution >= 4 is 0 Å². The van der Waals surface area contributed by atoms with Crippen LogP contribution in [-0.4, -0.2) is 54.0 Å². The Bertz CT molecular complexity index is 289. The van der Waals surface area contributed by atoms with Crippen LogP contribution in [0.15, 0.2) is 0 Å². The molecule has 0 aromatic carbocycles. The van der Waals surface area contributed by atoms with Crippen LogP contribution >= 0.6 is 0 Å². The van der Waals surface area contributed by atoms with Crippen LogP contribution in [0.25, 0.3) is 0 Å². The van der Waals surface area contributed by atoms with Gasteiger partial charge < -0.3 is 19.7 Å². The monoisotopic (exact) mass is 258 g/mol. The number of hydrogen-bond acceptors (Lipinski definition) is 6. The SMILES string of the molecule is OC(O)C1CC(C2CCC3OCCOC3C2)NN1. The van der Waals surface area contributed by atoms with Crippen LogP contribution in [-0.2, 0) is 9.47 Å². The van der Waals surface area contributed by atoms with E-state index >= 15 is 0 Å². The van der Waals surface area contributed by atoms with Gasteiger partial charge in [-0.2, -0.15) is 0 Å². The van der Waals surface area contributed by atoms with Gasteiger partial charge in [0, 0.05) is 6.04 Å². The molecule has 3 rings (SSSR count). The molecule has 0 bridgehead atoms. The highest BCUT2D eigenvalue weighted by atomic mass is 16.6. The Morgan fingerprint density at radius 3 is 2.44 bits per heavy atom. The van der Waals surface area contributed by atoms with Gasteiger partial charge >= 0.3 is 0 Å². The number of nitrogens with one attached hydrogen (secondary N) is 2. The number of aliphatic hydroxyl groups is 2. The normalized spacial score (nSPS) is 45.2. The highest BCUT2D eigenvalue weighted by molar-refractivity contribution is 4.93. The Balaban J connectivity index is 1.55. The second-order valence-electron chi connectivity index (χ2n) is 5.54. The van der Waals surface area contributed by atoms with E-state index in [1.807, 2.05) is 0 Å². The van der Waals surface area contributed by atoms with E-state index in [1.54, 1.807) is 0 Å². The Morgan fingerprint density at radius 1 is 0.944 bits per heavy atom. The molecule has 1 saturated carbocycles. The van der Waals surface area contributed by atoms with Gasteiger partial charge in [0.15, 0.2) is 6.29 Å². The molecule has 2 aliphatic heterocycles. The third-order valence-corrected chi connectivity index (χ3v) is 4.41. The molecule has 6 heteroatoms. The van der Waals surface area contributed by atoms with Crippen LogP contribution in [0.2, 0.25) is 0 Å². The van der Waals surface area contributed by atoms with Gasteiger partial charge in [-0.05, 0) is 31.6 Å². The Labute approximate surface area is 107 Å². The van der Waals surface area contributed by atoms with E-state index in [9.17, 15) is 0 Å². The number of aliphatic hydroxyl groups excluding tert-OH is 1. The van der Waals surface area contributed by atoms with Gasteiger partial charge in [-0.15, -0.1) is 0 Å². The molecular weight excluding hydrogens is 236 g/mol. The van der Waals surface area contributed by atoms with Gasteiger partial charge in [-0.3, -0.25) is 5.43 Å². The topological polar surface area (TPSA) is 83.0 Å². The second kappa shape index (κ2) is 5.40. The molecule has 1 aliphatic carbocycles. The van der Waals surface area contributed by atoms with Crippen molar-refractivity contribution in [1.29, 1.82) is 0 Å². The van der Waals surface area contributed by atoms with Crippen LogP contribution in [0.1, 0.15) is 25.7 Å². The van der Waals surface area contributed by atoms with Crippen molar-refractivity contribution in [1.82, 2.24) is 10.9 Å². The van der Waals surface area contributed by atoms with Crippen molar-refractivity contribution in [3.63, 3.8) is 0 Å². The van der Waals surface area contributed by atoms with E-state index in [4.69, 9.17) is 19.7 Å². The van der Waals surface area contributed by atoms with Crippen LogP contribution in [0.5, 0.6) is 0 Å². The van der Waals surface area contributed by atoms with Crippen LogP contribution in [0, 0.1) is 5.92 Å². The number of hydrazine groups is 1. The first-order valence-electron chi connectivity index (χ1n) is 6.84. The van der Waals surface area contributed by atoms with Gasteiger partial charge in [0.05, 0.1) is 31.5 Å². The van der Waals surface area contributed by atoms with Crippen LogP contribution in [0.3, 0.4) is 0 Å². The highest BCUT2D eigenvalue weighted by Crippen LogP contribution is 2.34. The Morgan fingerprint density at radius 2 is 1.72 bits per heavy atom. The summed E-state index contributed by atoms with van der Waals surface area (Å²) in [5, 5.41) is 18.3. The van der Waals surface area contributed by atoms with Gasteiger partial charge in [0.25, 0.3) is 0 Å². The first-order valence-corrected chi connectivity index (χ1v) is 6.84. The first kappa shape index (κ1) is 12.8. The molecule has 4 N–H and O–H groups in total. The molecule has 2 heterocycles. The average molecular weight is 258 g/mol. The minimum absolute atomic E-state index is 0.220. The molecule has 5 atom stereocenters. The minimum Gasteiger partial charge on any atom is -0.373 e. The summed E-state index contributed by atoms with van der Waals surface area (Å²) in [6.45, 7) is 1.41. The molecule has 0 aromatic rings. The number of hydrogen-bond donors (Lipinski definition) is 4. The summed E-state index contributed by atoms with van der Waals surface area (Å²) in [6, 6.07) is 0.0273. The summed E-state index contributed by atoms with van der Waals surface area (Å²) < 4.78 is 11.5. The summed E-state index contributed by atoms with van der Waals surface area (Å²) in [4.78, 5) is 0. The molecule has 18 heavy (non-hydrogen) atoms. The first-order chi connectivity index (χ1) is 8.74. The fourth-order valence-electron chi connectivity index (χ4n) is 3.37. The van der Waals surface area contributed by atoms with E-state index in [0.29, 0.717) is 25.2 Å². The van der Waals surface area contributed by atoms with E-state index in [2.05, 4.69) is 10.9 Å². The number of rotatable bonds is 2. The highest BCUT2D eigenvalue weighted by Gasteiger charge is 2.40. The van der Waals surface area contributed by atoms with Gasteiger partial charge in [-0.25, -0.2) is 5.43 Å². The van der Waals surface area contributed by atoms with Crippen molar-refractivity contribution < 1.29 is 19.7 Å². The summed E-state index contributed by atoms with van der Waals surface area (Å²) in [6.07, 6.45) is 3.09. The van der Waals surface area contributed by atoms with Crippen molar-refractivity contribution in [3.05, 3.63) is 0 Å². The number of ether oxygens (including phenoxy) is 2. The van der Waals surface area contributed by atoms with E-state index in [-0.39, 0.29) is 18.2 Å². The smallest absolute Gasteiger partial charge is 0.168 e. The maximum absolute atomic E-state index is 9.16. The lowest BCUT2D eigenvalue weighted by Crippen LogP contribution is -2.47. The molecule has 6 nitrogen and oxygen atoms in total. The molecule has 5 unspecified atom stereocenters. The zero-order valence-electron chi connectivity index (χ0n) is 10.4. The van der Waals surface area contributed by atoms with Crippen molar-refractivity contribution in [2.75, 3.05) is 13.2 Å². The standard InChI is InChI=1S/C12H22N2O4/c15-12(16)9-6-8(13-14-9)7-1-2-10-11(5-7)18-4-3-17-10/h7-16H,1-6H2. The molecule has 104 valence electrons. The average Bonchev–Trinajstić information content (AvgIpc) is 2.88. The minimum atomic E-state index is -1.30. The fourth-order valence-corrected chi connectivity index (χ4v) is 3.37. The predicted molar refractivity (Wildman–Crippen MR) is 63.5 cm³/mol. The van der Waals surface area contributed by atoms with E-state index < -0.39 is 6.29 Å². The third-order valence-electron chi connectivity index (χ3n) is 4.41. The lowest BCUT2D eigenvalue weighted by atomic mass is 9.79. The Kier molecular flexibility index (Phi) is 3.83. The van der Waals surface area contributed by atoms with E-state index in [0.717, 1.165) is 25.7 Å². The second-order valence-corrected chi connectivity index (χ2v) is 5.54. The van der Waals surface area contributed by atoms with Crippen LogP contribution in [0.4, 0.5) is 0 Å². The number of fused-ring (bicyclic) bond motifs is 1. The molecule has 0 radical (unpaired) electrons. The van der Waals surface area contributed by atoms with Crippen LogP contribution < -0.4 is 10.9 Å². The van der Waals surface area contributed by atoms with Crippen molar-refractivity contribution in [2.45, 2.75) is 56.3 Å². The van der Waals surface area contributed by atoms with Gasteiger partial charge in [-0.1, -0.05) is 0 Å². The molecule has 2 saturated heterocycles. The third kappa shape index (κ3) is 2.54. The summed E-state index contributed by atoms with van der Waals surface area (Å²) in [7, 11) is 0. The summed E-state index contributed by atoms with van der Waals surface area (Å²) >= 11 is 0. The molecule has 3 fully saturated rings. The lowest BCUT2D eigenvalue weighted by molar-refractivity contribution is -0.163. The maximum Gasteiger partial charge on any atom is 0.168 e. The van der Waals surface area contributed by atoms with Crippen molar-refractivity contribution in [2.24, 2.45) is 5.92 Å². The zero-order chi connectivity index (χ0) is 12.5. The molecule has 3 aliphatic rings. The van der Waals surface area contributed by atoms with E-state index in [1.165, 1.54) is 0 Å².